The van der Waals surface area contributed by atoms with Crippen LogP contribution in [0.3, 0.4) is 0 Å². The van der Waals surface area contributed by atoms with Crippen LogP contribution in [-0.4, -0.2) is 60.5 Å². The van der Waals surface area contributed by atoms with E-state index in [9.17, 15) is 14.4 Å². The van der Waals surface area contributed by atoms with E-state index >= 15 is 0 Å². The lowest BCUT2D eigenvalue weighted by atomic mass is 9.91. The van der Waals surface area contributed by atoms with Gasteiger partial charge in [0.15, 0.2) is 0 Å². The summed E-state index contributed by atoms with van der Waals surface area (Å²) in [6.07, 6.45) is 11.8. The number of hydrogen-bond acceptors (Lipinski definition) is 9. The Hall–Kier alpha value is -4.81. The first-order valence-corrected chi connectivity index (χ1v) is 18.7. The van der Waals surface area contributed by atoms with Crippen molar-refractivity contribution in [2.24, 2.45) is 13.0 Å². The molecular weight excluding hydrogens is 680 g/mol. The normalized spacial score (nSPS) is 21.6. The number of aryl methyl sites for hydroxylation is 1. The van der Waals surface area contributed by atoms with Gasteiger partial charge in [0.1, 0.15) is 18.4 Å². The predicted octanol–water partition coefficient (Wildman–Crippen LogP) is 5.34. The molecule has 8 rings (SSSR count). The van der Waals surface area contributed by atoms with Crippen molar-refractivity contribution in [3.63, 3.8) is 0 Å². The molecular formula is C39H43ClN8O4. The fourth-order valence-corrected chi connectivity index (χ4v) is 7.81. The van der Waals surface area contributed by atoms with E-state index in [0.29, 0.717) is 47.4 Å². The zero-order valence-corrected chi connectivity index (χ0v) is 30.0. The van der Waals surface area contributed by atoms with Crippen molar-refractivity contribution in [2.75, 3.05) is 5.32 Å². The molecule has 12 nitrogen and oxygen atoms in total. The first kappa shape index (κ1) is 34.3. The lowest BCUT2D eigenvalue weighted by Crippen LogP contribution is -2.52. The third-order valence-electron chi connectivity index (χ3n) is 10.9. The number of carbonyl (C=O) groups is 3. The molecule has 0 bridgehead atoms. The number of anilines is 1. The Balaban J connectivity index is 0.800. The van der Waals surface area contributed by atoms with E-state index in [1.807, 2.05) is 24.0 Å². The molecule has 1 unspecified atom stereocenters. The predicted molar refractivity (Wildman–Crippen MR) is 195 cm³/mol. The zero-order chi connectivity index (χ0) is 35.8. The maximum absolute atomic E-state index is 13.1. The Morgan fingerprint density at radius 3 is 2.46 bits per heavy atom. The summed E-state index contributed by atoms with van der Waals surface area (Å²) in [4.78, 5) is 48.1. The van der Waals surface area contributed by atoms with Crippen LogP contribution in [0.2, 0.25) is 5.02 Å². The molecule has 52 heavy (non-hydrogen) atoms. The number of carbonyl (C=O) groups excluding carboxylic acids is 3. The van der Waals surface area contributed by atoms with Gasteiger partial charge in [0.2, 0.25) is 17.8 Å². The van der Waals surface area contributed by atoms with Crippen molar-refractivity contribution < 1.29 is 19.1 Å². The topological polar surface area (TPSA) is 143 Å². The minimum absolute atomic E-state index is 0.209. The number of ether oxygens (including phenoxy) is 1. The van der Waals surface area contributed by atoms with E-state index in [2.05, 4.69) is 50.3 Å². The average Bonchev–Trinajstić information content (AvgIpc) is 3.82. The zero-order valence-electron chi connectivity index (χ0n) is 29.2. The van der Waals surface area contributed by atoms with E-state index < -0.39 is 11.9 Å². The van der Waals surface area contributed by atoms with Gasteiger partial charge in [-0.25, -0.2) is 9.97 Å². The molecule has 3 fully saturated rings. The van der Waals surface area contributed by atoms with Gasteiger partial charge >= 0.3 is 0 Å². The second kappa shape index (κ2) is 14.7. The molecule has 2 aliphatic heterocycles. The highest BCUT2D eigenvalue weighted by atomic mass is 35.5. The van der Waals surface area contributed by atoms with Crippen molar-refractivity contribution >= 4 is 35.3 Å². The van der Waals surface area contributed by atoms with Crippen LogP contribution in [0.15, 0.2) is 54.9 Å². The van der Waals surface area contributed by atoms with E-state index in [0.717, 1.165) is 67.0 Å². The highest BCUT2D eigenvalue weighted by Crippen LogP contribution is 2.37. The Morgan fingerprint density at radius 2 is 1.69 bits per heavy atom. The number of fused-ring (bicyclic) bond motifs is 1. The lowest BCUT2D eigenvalue weighted by Gasteiger charge is -2.30. The molecule has 4 heterocycles. The first-order chi connectivity index (χ1) is 25.3. The highest BCUT2D eigenvalue weighted by Gasteiger charge is 2.40. The summed E-state index contributed by atoms with van der Waals surface area (Å²) in [5.74, 6) is 1.05. The number of halogens is 1. The number of piperidine rings is 1. The molecule has 4 aromatic rings. The summed E-state index contributed by atoms with van der Waals surface area (Å²) in [7, 11) is 1.98. The Morgan fingerprint density at radius 1 is 0.923 bits per heavy atom. The van der Waals surface area contributed by atoms with Crippen molar-refractivity contribution in [1.82, 2.24) is 35.3 Å². The van der Waals surface area contributed by atoms with Crippen LogP contribution in [0.25, 0.3) is 11.3 Å². The average molecular weight is 723 g/mol. The number of amides is 3. The van der Waals surface area contributed by atoms with Gasteiger partial charge in [-0.05, 0) is 80.5 Å². The molecule has 2 aromatic carbocycles. The summed E-state index contributed by atoms with van der Waals surface area (Å²) in [5, 5.41) is 14.7. The van der Waals surface area contributed by atoms with Crippen LogP contribution in [0.4, 0.5) is 5.95 Å². The maximum atomic E-state index is 13.1. The van der Waals surface area contributed by atoms with Crippen molar-refractivity contribution in [3.8, 4) is 17.0 Å². The molecule has 1 saturated heterocycles. The van der Waals surface area contributed by atoms with Crippen molar-refractivity contribution in [3.05, 3.63) is 87.8 Å². The van der Waals surface area contributed by atoms with Crippen LogP contribution < -0.4 is 20.7 Å². The van der Waals surface area contributed by atoms with Gasteiger partial charge in [0.25, 0.3) is 5.91 Å². The van der Waals surface area contributed by atoms with Crippen LogP contribution in [0, 0.1) is 5.92 Å². The van der Waals surface area contributed by atoms with Gasteiger partial charge in [-0.3, -0.25) is 24.4 Å². The number of aromatic nitrogens is 4. The summed E-state index contributed by atoms with van der Waals surface area (Å²) >= 11 is 6.58. The fourth-order valence-electron chi connectivity index (χ4n) is 7.62. The van der Waals surface area contributed by atoms with Gasteiger partial charge in [0.05, 0.1) is 29.7 Å². The molecule has 0 radical (unpaired) electrons. The molecule has 13 heteroatoms. The van der Waals surface area contributed by atoms with Gasteiger partial charge in [-0.2, -0.15) is 5.10 Å². The third kappa shape index (κ3) is 7.40. The molecule has 1 atom stereocenters. The third-order valence-corrected chi connectivity index (χ3v) is 11.1. The quantitative estimate of drug-likeness (QED) is 0.165. The Kier molecular flexibility index (Phi) is 9.67. The number of nitrogens with zero attached hydrogens (tertiary/aromatic N) is 5. The number of benzene rings is 2. The largest absolute Gasteiger partial charge is 0.489 e. The monoisotopic (exact) mass is 722 g/mol. The van der Waals surface area contributed by atoms with Gasteiger partial charge in [-0.15, -0.1) is 0 Å². The Bertz CT molecular complexity index is 1990. The number of imide groups is 1. The van der Waals surface area contributed by atoms with Crippen LogP contribution >= 0.6 is 11.6 Å². The van der Waals surface area contributed by atoms with Gasteiger partial charge in [-0.1, -0.05) is 41.9 Å². The standard InChI is InChI=1S/C39H43ClN8O4/c1-47-33(17-23-5-6-23)29(19-43-47)36-31(40)20-42-39(46-36)44-27-13-11-26(12-14-27)41-18-24-7-9-25(10-8-24)22-52-34-4-2-3-28-30(34)21-48(38(28)51)32-15-16-35(49)45-37(32)50/h2-4,7-10,19-20,23,26-27,32,41H,5-6,11-18,21-22H2,1H3,(H,42,44,46)(H,45,49,50)/t26-,27-,32?. The lowest BCUT2D eigenvalue weighted by molar-refractivity contribution is -0.136. The molecule has 3 N–H and O–H groups in total. The summed E-state index contributed by atoms with van der Waals surface area (Å²) in [6, 6.07) is 13.9. The smallest absolute Gasteiger partial charge is 0.255 e. The minimum Gasteiger partial charge on any atom is -0.489 e. The van der Waals surface area contributed by atoms with Gasteiger partial charge < -0.3 is 20.3 Å². The molecule has 3 amide bonds. The second-order valence-electron chi connectivity index (χ2n) is 14.5. The van der Waals surface area contributed by atoms with E-state index in [1.165, 1.54) is 24.1 Å². The van der Waals surface area contributed by atoms with Crippen molar-refractivity contribution in [2.45, 2.75) is 95.6 Å². The highest BCUT2D eigenvalue weighted by molar-refractivity contribution is 6.33. The van der Waals surface area contributed by atoms with E-state index in [4.69, 9.17) is 21.3 Å². The minimum atomic E-state index is -0.654. The van der Waals surface area contributed by atoms with Crippen molar-refractivity contribution in [1.29, 1.82) is 0 Å². The first-order valence-electron chi connectivity index (χ1n) is 18.3. The number of nitrogens with one attached hydrogen (secondary N) is 3. The fraction of sp³-hybridized carbons (Fsp3) is 0.436. The molecule has 4 aliphatic rings. The molecule has 2 aliphatic carbocycles. The maximum Gasteiger partial charge on any atom is 0.255 e. The summed E-state index contributed by atoms with van der Waals surface area (Å²) < 4.78 is 8.14. The Labute approximate surface area is 307 Å². The summed E-state index contributed by atoms with van der Waals surface area (Å²) in [6.45, 7) is 1.42. The van der Waals surface area contributed by atoms with Crippen LogP contribution in [0.1, 0.15) is 84.1 Å². The number of rotatable bonds is 12. The molecule has 270 valence electrons. The van der Waals surface area contributed by atoms with Crippen LogP contribution in [0.5, 0.6) is 5.75 Å². The van der Waals surface area contributed by atoms with Gasteiger partial charge in [0, 0.05) is 54.5 Å². The van der Waals surface area contributed by atoms with E-state index in [1.54, 1.807) is 23.2 Å². The SMILES string of the molecule is Cn1ncc(-c2nc(N[C@H]3CC[C@H](NCc4ccc(COc5cccc6c5CN(C5CCC(=O)NC5=O)C6=O)cc4)CC3)ncc2Cl)c1CC1CC1. The molecule has 2 saturated carbocycles. The van der Waals surface area contributed by atoms with E-state index in [-0.39, 0.29) is 24.8 Å². The molecule has 2 aromatic heterocycles. The second-order valence-corrected chi connectivity index (χ2v) is 14.9. The summed E-state index contributed by atoms with van der Waals surface area (Å²) in [5.41, 5.74) is 6.46. The van der Waals surface area contributed by atoms with Crippen LogP contribution in [-0.2, 0) is 42.8 Å². The molecule has 0 spiro atoms. The number of hydrogen-bond donors (Lipinski definition) is 3.